The molecule has 0 aromatic rings. The van der Waals surface area contributed by atoms with E-state index in [2.05, 4.69) is 34.6 Å². The third kappa shape index (κ3) is 2.81. The van der Waals surface area contributed by atoms with Crippen molar-refractivity contribution in [2.45, 2.75) is 123 Å². The monoisotopic (exact) mass is 485 g/mol. The van der Waals surface area contributed by atoms with Crippen LogP contribution in [0.2, 0.25) is 0 Å². The lowest BCUT2D eigenvalue weighted by molar-refractivity contribution is -0.135. The van der Waals surface area contributed by atoms with E-state index in [1.807, 2.05) is 4.90 Å². The van der Waals surface area contributed by atoms with Crippen molar-refractivity contribution in [2.24, 2.45) is 45.3 Å². The van der Waals surface area contributed by atoms with Crippen LogP contribution in [0.1, 0.15) is 98.8 Å². The number of carbonyl (C=O) groups excluding carboxylic acids is 1. The molecule has 2 saturated heterocycles. The fourth-order valence-electron chi connectivity index (χ4n) is 11.6. The SMILES string of the molecule is CC12CC[C@@]34CC35CC[C@H](O)C(C)(C)C5CCC4C1CC1OC(CN3C(=O)OCC3(C)C)CCC12. The Morgan fingerprint density at radius 2 is 1.69 bits per heavy atom. The van der Waals surface area contributed by atoms with Gasteiger partial charge in [-0.25, -0.2) is 4.79 Å². The summed E-state index contributed by atoms with van der Waals surface area (Å²) in [6.07, 6.45) is 12.9. The molecule has 5 nitrogen and oxygen atoms in total. The Morgan fingerprint density at radius 3 is 2.43 bits per heavy atom. The number of rotatable bonds is 2. The van der Waals surface area contributed by atoms with E-state index in [4.69, 9.17) is 9.47 Å². The Balaban J connectivity index is 1.11. The number of cyclic esters (lactones) is 1. The number of carbonyl (C=O) groups is 1. The molecule has 10 atom stereocenters. The number of nitrogens with zero attached hydrogens (tertiary/aromatic N) is 1. The van der Waals surface area contributed by atoms with Gasteiger partial charge >= 0.3 is 6.09 Å². The maximum atomic E-state index is 12.4. The highest BCUT2D eigenvalue weighted by Crippen LogP contribution is 2.87. The van der Waals surface area contributed by atoms with Gasteiger partial charge in [-0.2, -0.15) is 0 Å². The predicted molar refractivity (Wildman–Crippen MR) is 134 cm³/mol. The first-order valence-electron chi connectivity index (χ1n) is 14.7. The van der Waals surface area contributed by atoms with Crippen molar-refractivity contribution in [3.8, 4) is 0 Å². The van der Waals surface area contributed by atoms with Gasteiger partial charge in [0, 0.05) is 0 Å². The Kier molecular flexibility index (Phi) is 4.65. The Morgan fingerprint density at radius 1 is 0.914 bits per heavy atom. The van der Waals surface area contributed by atoms with E-state index in [0.29, 0.717) is 47.3 Å². The molecule has 7 rings (SSSR count). The highest BCUT2D eigenvalue weighted by Gasteiger charge is 2.80. The highest BCUT2D eigenvalue weighted by atomic mass is 16.6. The number of hydrogen-bond donors (Lipinski definition) is 1. The fourth-order valence-corrected chi connectivity index (χ4v) is 11.6. The molecule has 5 heteroatoms. The van der Waals surface area contributed by atoms with Gasteiger partial charge in [0.1, 0.15) is 6.61 Å². The molecule has 196 valence electrons. The van der Waals surface area contributed by atoms with Gasteiger partial charge in [-0.3, -0.25) is 4.90 Å². The molecule has 2 aliphatic heterocycles. The average Bonchev–Trinajstić information content (AvgIpc) is 3.29. The summed E-state index contributed by atoms with van der Waals surface area (Å²) in [5, 5.41) is 10.9. The third-order valence-electron chi connectivity index (χ3n) is 13.5. The molecular weight excluding hydrogens is 438 g/mol. The van der Waals surface area contributed by atoms with Gasteiger partial charge in [0.15, 0.2) is 0 Å². The topological polar surface area (TPSA) is 59.0 Å². The molecule has 2 spiro atoms. The van der Waals surface area contributed by atoms with Crippen LogP contribution >= 0.6 is 0 Å². The first kappa shape index (κ1) is 23.3. The van der Waals surface area contributed by atoms with Crippen molar-refractivity contribution in [3.63, 3.8) is 0 Å². The standard InChI is InChI=1S/C30H47NO4/c1-26(2)17-34-25(33)31(26)15-18-6-7-20-22(35-18)14-21-19-8-9-23-27(3,4)24(32)10-11-30(23)16-29(19,30)13-12-28(20,21)5/h18-24,32H,6-17H2,1-5H3/t18?,19?,20?,21?,22?,23?,24-,28?,29-,30?/m0/s1. The number of aliphatic hydroxyl groups excluding tert-OH is 1. The summed E-state index contributed by atoms with van der Waals surface area (Å²) in [5.74, 6) is 3.01. The molecule has 2 heterocycles. The zero-order chi connectivity index (χ0) is 24.6. The minimum Gasteiger partial charge on any atom is -0.447 e. The maximum absolute atomic E-state index is 12.4. The summed E-state index contributed by atoms with van der Waals surface area (Å²) in [6.45, 7) is 12.7. The lowest BCUT2D eigenvalue weighted by Crippen LogP contribution is -2.54. The van der Waals surface area contributed by atoms with Crippen LogP contribution < -0.4 is 0 Å². The summed E-state index contributed by atoms with van der Waals surface area (Å²) < 4.78 is 12.2. The minimum absolute atomic E-state index is 0.0674. The third-order valence-corrected chi connectivity index (χ3v) is 13.5. The smallest absolute Gasteiger partial charge is 0.410 e. The van der Waals surface area contributed by atoms with Gasteiger partial charge < -0.3 is 14.6 Å². The lowest BCUT2D eigenvalue weighted by atomic mass is 9.46. The normalized spacial score (nSPS) is 55.2. The first-order valence-corrected chi connectivity index (χ1v) is 14.7. The maximum Gasteiger partial charge on any atom is 0.410 e. The van der Waals surface area contributed by atoms with Gasteiger partial charge in [0.25, 0.3) is 0 Å². The number of aliphatic hydroxyl groups is 1. The van der Waals surface area contributed by atoms with E-state index >= 15 is 0 Å². The average molecular weight is 486 g/mol. The van der Waals surface area contributed by atoms with Crippen LogP contribution in [0.3, 0.4) is 0 Å². The Labute approximate surface area is 211 Å². The summed E-state index contributed by atoms with van der Waals surface area (Å²) >= 11 is 0. The van der Waals surface area contributed by atoms with Crippen LogP contribution in [0.25, 0.3) is 0 Å². The van der Waals surface area contributed by atoms with Gasteiger partial charge in [-0.05, 0) is 123 Å². The van der Waals surface area contributed by atoms with Gasteiger partial charge in [-0.15, -0.1) is 0 Å². The van der Waals surface area contributed by atoms with E-state index in [9.17, 15) is 9.90 Å². The molecule has 7 fully saturated rings. The summed E-state index contributed by atoms with van der Waals surface area (Å²) in [6, 6.07) is 0. The van der Waals surface area contributed by atoms with Gasteiger partial charge in [-0.1, -0.05) is 20.8 Å². The highest BCUT2D eigenvalue weighted by molar-refractivity contribution is 5.71. The second-order valence-corrected chi connectivity index (χ2v) is 15.4. The summed E-state index contributed by atoms with van der Waals surface area (Å²) in [7, 11) is 0. The molecule has 7 aliphatic rings. The molecule has 0 radical (unpaired) electrons. The van der Waals surface area contributed by atoms with Crippen molar-refractivity contribution >= 4 is 6.09 Å². The molecule has 0 aromatic carbocycles. The number of hydrogen-bond acceptors (Lipinski definition) is 4. The molecule has 5 aliphatic carbocycles. The summed E-state index contributed by atoms with van der Waals surface area (Å²) in [5.41, 5.74) is 1.31. The number of ether oxygens (including phenoxy) is 2. The second kappa shape index (κ2) is 6.98. The van der Waals surface area contributed by atoms with Crippen LogP contribution in [-0.4, -0.2) is 53.1 Å². The lowest BCUT2D eigenvalue weighted by Gasteiger charge is -2.59. The molecule has 0 aromatic heterocycles. The molecule has 35 heavy (non-hydrogen) atoms. The Bertz CT molecular complexity index is 931. The largest absolute Gasteiger partial charge is 0.447 e. The first-order chi connectivity index (χ1) is 16.4. The van der Waals surface area contributed by atoms with Crippen molar-refractivity contribution in [1.29, 1.82) is 0 Å². The molecule has 0 bridgehead atoms. The predicted octanol–water partition coefficient (Wildman–Crippen LogP) is 5.78. The van der Waals surface area contributed by atoms with Crippen LogP contribution in [0.15, 0.2) is 0 Å². The van der Waals surface area contributed by atoms with E-state index in [1.165, 1.54) is 51.4 Å². The van der Waals surface area contributed by atoms with Gasteiger partial charge in [0.05, 0.1) is 30.4 Å². The zero-order valence-corrected chi connectivity index (χ0v) is 22.6. The molecule has 1 amide bonds. The van der Waals surface area contributed by atoms with Crippen molar-refractivity contribution in [3.05, 3.63) is 0 Å². The van der Waals surface area contributed by atoms with Crippen molar-refractivity contribution < 1.29 is 19.4 Å². The van der Waals surface area contributed by atoms with E-state index in [0.717, 1.165) is 24.7 Å². The number of fused-ring (bicyclic) bond motifs is 4. The van der Waals surface area contributed by atoms with E-state index in [-0.39, 0.29) is 29.3 Å². The van der Waals surface area contributed by atoms with Crippen molar-refractivity contribution in [1.82, 2.24) is 4.90 Å². The Hall–Kier alpha value is -0.810. The quantitative estimate of drug-likeness (QED) is 0.538. The van der Waals surface area contributed by atoms with Gasteiger partial charge in [0.2, 0.25) is 0 Å². The van der Waals surface area contributed by atoms with Crippen LogP contribution in [0.5, 0.6) is 0 Å². The van der Waals surface area contributed by atoms with E-state index in [1.54, 1.807) is 0 Å². The fraction of sp³-hybridized carbons (Fsp3) is 0.967. The van der Waals surface area contributed by atoms with Crippen LogP contribution in [0, 0.1) is 45.3 Å². The minimum atomic E-state index is -0.237. The van der Waals surface area contributed by atoms with E-state index < -0.39 is 0 Å². The molecule has 1 N–H and O–H groups in total. The molecule has 5 saturated carbocycles. The molecular formula is C30H47NO4. The van der Waals surface area contributed by atoms with Crippen molar-refractivity contribution in [2.75, 3.05) is 13.2 Å². The van der Waals surface area contributed by atoms with Crippen LogP contribution in [0.4, 0.5) is 4.79 Å². The number of amides is 1. The zero-order valence-electron chi connectivity index (χ0n) is 22.6. The molecule has 8 unspecified atom stereocenters. The second-order valence-electron chi connectivity index (χ2n) is 15.4. The van der Waals surface area contributed by atoms with Crippen LogP contribution in [-0.2, 0) is 9.47 Å². The summed E-state index contributed by atoms with van der Waals surface area (Å²) in [4.78, 5) is 14.3.